The summed E-state index contributed by atoms with van der Waals surface area (Å²) in [6.45, 7) is 1.92. The summed E-state index contributed by atoms with van der Waals surface area (Å²) in [7, 11) is -0.662. The Morgan fingerprint density at radius 2 is 1.65 bits per heavy atom. The van der Waals surface area contributed by atoms with Gasteiger partial charge in [-0.25, -0.2) is 17.9 Å². The Morgan fingerprint density at radius 1 is 1.04 bits per heavy atom. The smallest absolute Gasteiger partial charge is 0.337 e. The van der Waals surface area contributed by atoms with Crippen LogP contribution in [0.5, 0.6) is 5.75 Å². The second-order valence-corrected chi connectivity index (χ2v) is 7.55. The molecule has 26 heavy (non-hydrogen) atoms. The van der Waals surface area contributed by atoms with Crippen LogP contribution in [0, 0.1) is 0 Å². The first kappa shape index (κ1) is 19.9. The largest absolute Gasteiger partial charge is 0.497 e. The Balaban J connectivity index is 2.09. The molecule has 0 aromatic heterocycles. The van der Waals surface area contributed by atoms with Crippen molar-refractivity contribution in [1.82, 2.24) is 4.72 Å². The van der Waals surface area contributed by atoms with Gasteiger partial charge < -0.3 is 9.47 Å². The molecule has 2 rings (SSSR count). The first-order valence-corrected chi connectivity index (χ1v) is 9.85. The molecule has 1 N–H and O–H groups in total. The second kappa shape index (κ2) is 8.82. The molecule has 0 saturated carbocycles. The van der Waals surface area contributed by atoms with Gasteiger partial charge in [-0.2, -0.15) is 0 Å². The first-order valence-electron chi connectivity index (χ1n) is 8.19. The fourth-order valence-corrected chi connectivity index (χ4v) is 4.01. The third-order valence-corrected chi connectivity index (χ3v) is 5.34. The van der Waals surface area contributed by atoms with E-state index >= 15 is 0 Å². The van der Waals surface area contributed by atoms with Crippen LogP contribution in [-0.4, -0.2) is 28.6 Å². The molecule has 0 aliphatic rings. The van der Waals surface area contributed by atoms with Crippen molar-refractivity contribution >= 4 is 16.0 Å². The summed E-state index contributed by atoms with van der Waals surface area (Å²) in [4.78, 5) is 11.4. The van der Waals surface area contributed by atoms with E-state index in [-0.39, 0.29) is 11.8 Å². The number of sulfonamides is 1. The highest BCUT2D eigenvalue weighted by Gasteiger charge is 2.19. The lowest BCUT2D eigenvalue weighted by Gasteiger charge is -2.18. The number of rotatable bonds is 8. The zero-order valence-electron chi connectivity index (χ0n) is 15.1. The van der Waals surface area contributed by atoms with E-state index in [0.29, 0.717) is 17.5 Å². The molecule has 0 spiro atoms. The molecular weight excluding hydrogens is 354 g/mol. The molecule has 1 unspecified atom stereocenters. The van der Waals surface area contributed by atoms with Crippen LogP contribution < -0.4 is 9.46 Å². The molecule has 0 fully saturated rings. The minimum absolute atomic E-state index is 0.166. The van der Waals surface area contributed by atoms with Crippen molar-refractivity contribution in [2.45, 2.75) is 25.1 Å². The van der Waals surface area contributed by atoms with Gasteiger partial charge in [-0.1, -0.05) is 31.2 Å². The number of methoxy groups -OCH3 is 2. The fraction of sp³-hybridized carbons (Fsp3) is 0.316. The van der Waals surface area contributed by atoms with E-state index in [0.717, 1.165) is 11.3 Å². The number of carbonyl (C=O) groups is 1. The summed E-state index contributed by atoms with van der Waals surface area (Å²) in [6.07, 6.45) is 0.618. The molecule has 6 nitrogen and oxygen atoms in total. The van der Waals surface area contributed by atoms with Crippen LogP contribution in [-0.2, 0) is 20.5 Å². The molecule has 2 aromatic rings. The Morgan fingerprint density at radius 3 is 2.15 bits per heavy atom. The topological polar surface area (TPSA) is 81.7 Å². The lowest BCUT2D eigenvalue weighted by molar-refractivity contribution is 0.0600. The zero-order valence-corrected chi connectivity index (χ0v) is 15.9. The van der Waals surface area contributed by atoms with Gasteiger partial charge >= 0.3 is 5.97 Å². The van der Waals surface area contributed by atoms with Gasteiger partial charge in [-0.15, -0.1) is 0 Å². The quantitative estimate of drug-likeness (QED) is 0.715. The molecule has 0 radical (unpaired) electrons. The van der Waals surface area contributed by atoms with E-state index in [9.17, 15) is 13.2 Å². The molecule has 2 aromatic carbocycles. The van der Waals surface area contributed by atoms with Crippen LogP contribution in [0.1, 0.15) is 40.9 Å². The van der Waals surface area contributed by atoms with Crippen LogP contribution in [0.2, 0.25) is 0 Å². The van der Waals surface area contributed by atoms with E-state index in [4.69, 9.17) is 4.74 Å². The van der Waals surface area contributed by atoms with E-state index < -0.39 is 16.0 Å². The average Bonchev–Trinajstić information content (AvgIpc) is 2.66. The third kappa shape index (κ3) is 5.31. The lowest BCUT2D eigenvalue weighted by atomic mass is 10.1. The summed E-state index contributed by atoms with van der Waals surface area (Å²) in [6, 6.07) is 13.3. The van der Waals surface area contributed by atoms with E-state index in [1.807, 2.05) is 19.1 Å². The van der Waals surface area contributed by atoms with Crippen molar-refractivity contribution in [2.24, 2.45) is 0 Å². The normalized spacial score (nSPS) is 12.4. The zero-order chi connectivity index (χ0) is 19.2. The van der Waals surface area contributed by atoms with Gasteiger partial charge in [0.25, 0.3) is 0 Å². The summed E-state index contributed by atoms with van der Waals surface area (Å²) in [5.74, 6) is 0.0985. The molecule has 0 bridgehead atoms. The van der Waals surface area contributed by atoms with Crippen LogP contribution in [0.4, 0.5) is 0 Å². The van der Waals surface area contributed by atoms with Gasteiger partial charge in [0.2, 0.25) is 10.0 Å². The second-order valence-electron chi connectivity index (χ2n) is 5.80. The maximum atomic E-state index is 12.5. The Kier molecular flexibility index (Phi) is 6.76. The monoisotopic (exact) mass is 377 g/mol. The Labute approximate surface area is 154 Å². The average molecular weight is 377 g/mol. The van der Waals surface area contributed by atoms with E-state index in [2.05, 4.69) is 9.46 Å². The van der Waals surface area contributed by atoms with Crippen molar-refractivity contribution < 1.29 is 22.7 Å². The van der Waals surface area contributed by atoms with Gasteiger partial charge in [0.05, 0.1) is 25.5 Å². The standard InChI is InChI=1S/C19H23NO5S/c1-4-18(15-9-11-17(24-2)12-10-15)20-26(22,23)13-14-5-7-16(8-6-14)19(21)25-3/h5-12,18,20H,4,13H2,1-3H3. The number of ether oxygens (including phenoxy) is 2. The number of hydrogen-bond acceptors (Lipinski definition) is 5. The highest BCUT2D eigenvalue weighted by atomic mass is 32.2. The number of hydrogen-bond donors (Lipinski definition) is 1. The molecule has 0 aliphatic carbocycles. The highest BCUT2D eigenvalue weighted by molar-refractivity contribution is 7.88. The SMILES string of the molecule is CCC(NS(=O)(=O)Cc1ccc(C(=O)OC)cc1)c1ccc(OC)cc1. The number of esters is 1. The molecule has 0 saturated heterocycles. The molecule has 1 atom stereocenters. The molecule has 140 valence electrons. The van der Waals surface area contributed by atoms with Crippen LogP contribution in [0.3, 0.4) is 0 Å². The minimum atomic E-state index is -3.55. The fourth-order valence-electron chi connectivity index (χ4n) is 2.56. The predicted molar refractivity (Wildman–Crippen MR) is 99.6 cm³/mol. The Bertz CT molecular complexity index is 829. The van der Waals surface area contributed by atoms with E-state index in [1.165, 1.54) is 7.11 Å². The van der Waals surface area contributed by atoms with Gasteiger partial charge in [0.1, 0.15) is 5.75 Å². The van der Waals surface area contributed by atoms with Gasteiger partial charge in [0, 0.05) is 6.04 Å². The van der Waals surface area contributed by atoms with Crippen LogP contribution >= 0.6 is 0 Å². The Hall–Kier alpha value is -2.38. The number of nitrogens with one attached hydrogen (secondary N) is 1. The van der Waals surface area contributed by atoms with Crippen molar-refractivity contribution in [3.63, 3.8) is 0 Å². The summed E-state index contributed by atoms with van der Waals surface area (Å²) < 4.78 is 37.5. The van der Waals surface area contributed by atoms with Crippen LogP contribution in [0.25, 0.3) is 0 Å². The van der Waals surface area contributed by atoms with Crippen molar-refractivity contribution in [3.05, 3.63) is 65.2 Å². The third-order valence-electron chi connectivity index (χ3n) is 3.98. The van der Waals surface area contributed by atoms with Crippen molar-refractivity contribution in [1.29, 1.82) is 0 Å². The van der Waals surface area contributed by atoms with Gasteiger partial charge in [-0.3, -0.25) is 0 Å². The molecule has 0 heterocycles. The maximum Gasteiger partial charge on any atom is 0.337 e. The van der Waals surface area contributed by atoms with Gasteiger partial charge in [0.15, 0.2) is 0 Å². The number of benzene rings is 2. The summed E-state index contributed by atoms with van der Waals surface area (Å²) >= 11 is 0. The highest BCUT2D eigenvalue weighted by Crippen LogP contribution is 2.21. The molecule has 7 heteroatoms. The van der Waals surface area contributed by atoms with Crippen LogP contribution in [0.15, 0.2) is 48.5 Å². The van der Waals surface area contributed by atoms with Gasteiger partial charge in [-0.05, 0) is 41.8 Å². The first-order chi connectivity index (χ1) is 12.4. The van der Waals surface area contributed by atoms with E-state index in [1.54, 1.807) is 43.5 Å². The molecule has 0 amide bonds. The predicted octanol–water partition coefficient (Wildman–Crippen LogP) is 3.05. The van der Waals surface area contributed by atoms with Crippen molar-refractivity contribution in [2.75, 3.05) is 14.2 Å². The summed E-state index contributed by atoms with van der Waals surface area (Å²) in [5.41, 5.74) is 1.85. The molecular formula is C19H23NO5S. The lowest BCUT2D eigenvalue weighted by Crippen LogP contribution is -2.29. The summed E-state index contributed by atoms with van der Waals surface area (Å²) in [5, 5.41) is 0. The van der Waals surface area contributed by atoms with Crippen molar-refractivity contribution in [3.8, 4) is 5.75 Å². The minimum Gasteiger partial charge on any atom is -0.497 e. The molecule has 0 aliphatic heterocycles. The maximum absolute atomic E-state index is 12.5. The number of carbonyl (C=O) groups excluding carboxylic acids is 1.